The summed E-state index contributed by atoms with van der Waals surface area (Å²) in [7, 11) is 0. The molecule has 0 fully saturated rings. The summed E-state index contributed by atoms with van der Waals surface area (Å²) in [6.07, 6.45) is 0. The second kappa shape index (κ2) is 7.24. The molecular formula is C14H13BrClN3OS. The number of amides is 1. The minimum absolute atomic E-state index is 0.124. The van der Waals surface area contributed by atoms with E-state index in [-0.39, 0.29) is 11.7 Å². The molecule has 2 aromatic rings. The zero-order chi connectivity index (χ0) is 15.4. The lowest BCUT2D eigenvalue weighted by Gasteiger charge is -2.06. The van der Waals surface area contributed by atoms with E-state index >= 15 is 0 Å². The van der Waals surface area contributed by atoms with Crippen LogP contribution in [0.2, 0.25) is 5.02 Å². The summed E-state index contributed by atoms with van der Waals surface area (Å²) in [6, 6.07) is 7.17. The zero-order valence-corrected chi connectivity index (χ0v) is 14.6. The lowest BCUT2D eigenvalue weighted by Crippen LogP contribution is -2.14. The van der Waals surface area contributed by atoms with Gasteiger partial charge in [0, 0.05) is 21.5 Å². The molecule has 0 aliphatic heterocycles. The highest BCUT2D eigenvalue weighted by Crippen LogP contribution is 2.25. The van der Waals surface area contributed by atoms with E-state index in [0.29, 0.717) is 15.9 Å². The number of anilines is 1. The summed E-state index contributed by atoms with van der Waals surface area (Å²) >= 11 is 10.6. The minimum Gasteiger partial charge on any atom is -0.325 e. The van der Waals surface area contributed by atoms with Gasteiger partial charge >= 0.3 is 0 Å². The lowest BCUT2D eigenvalue weighted by molar-refractivity contribution is -0.113. The van der Waals surface area contributed by atoms with Crippen molar-refractivity contribution in [3.8, 4) is 0 Å². The number of rotatable bonds is 4. The summed E-state index contributed by atoms with van der Waals surface area (Å²) < 4.78 is 0.792. The highest BCUT2D eigenvalue weighted by Gasteiger charge is 2.07. The minimum atomic E-state index is -0.124. The van der Waals surface area contributed by atoms with E-state index in [9.17, 15) is 4.79 Å². The molecule has 0 aliphatic carbocycles. The van der Waals surface area contributed by atoms with Crippen LogP contribution in [0.4, 0.5) is 5.69 Å². The van der Waals surface area contributed by atoms with Crippen LogP contribution in [0.5, 0.6) is 0 Å². The monoisotopic (exact) mass is 385 g/mol. The number of halogens is 2. The lowest BCUT2D eigenvalue weighted by atomic mass is 10.3. The van der Waals surface area contributed by atoms with Crippen molar-refractivity contribution < 1.29 is 4.79 Å². The molecule has 7 heteroatoms. The van der Waals surface area contributed by atoms with Crippen LogP contribution < -0.4 is 5.32 Å². The van der Waals surface area contributed by atoms with E-state index in [2.05, 4.69) is 31.2 Å². The van der Waals surface area contributed by atoms with E-state index < -0.39 is 0 Å². The van der Waals surface area contributed by atoms with Gasteiger partial charge in [0.25, 0.3) is 0 Å². The number of nitrogens with zero attached hydrogens (tertiary/aromatic N) is 2. The van der Waals surface area contributed by atoms with Crippen LogP contribution in [0.25, 0.3) is 0 Å². The first-order chi connectivity index (χ1) is 9.94. The smallest absolute Gasteiger partial charge is 0.234 e. The summed E-state index contributed by atoms with van der Waals surface area (Å²) in [4.78, 5) is 20.5. The van der Waals surface area contributed by atoms with Gasteiger partial charge in [0.15, 0.2) is 5.16 Å². The fourth-order valence-corrected chi connectivity index (χ4v) is 2.84. The zero-order valence-electron chi connectivity index (χ0n) is 11.5. The molecule has 0 bridgehead atoms. The first-order valence-corrected chi connectivity index (χ1v) is 8.29. The van der Waals surface area contributed by atoms with E-state index in [0.717, 1.165) is 15.9 Å². The Morgan fingerprint density at radius 3 is 2.57 bits per heavy atom. The summed E-state index contributed by atoms with van der Waals surface area (Å²) in [5.41, 5.74) is 2.45. The maximum absolute atomic E-state index is 11.9. The molecule has 0 atom stereocenters. The van der Waals surface area contributed by atoms with Gasteiger partial charge in [0.2, 0.25) is 5.91 Å². The molecule has 4 nitrogen and oxygen atoms in total. The maximum atomic E-state index is 11.9. The van der Waals surface area contributed by atoms with Crippen molar-refractivity contribution in [3.63, 3.8) is 0 Å². The number of aromatic nitrogens is 2. The van der Waals surface area contributed by atoms with Gasteiger partial charge in [-0.15, -0.1) is 0 Å². The molecule has 0 unspecified atom stereocenters. The van der Waals surface area contributed by atoms with Gasteiger partial charge in [-0.25, -0.2) is 9.97 Å². The molecule has 21 heavy (non-hydrogen) atoms. The van der Waals surface area contributed by atoms with E-state index in [4.69, 9.17) is 11.6 Å². The highest BCUT2D eigenvalue weighted by molar-refractivity contribution is 9.10. The van der Waals surface area contributed by atoms with Gasteiger partial charge in [-0.3, -0.25) is 4.79 Å². The summed E-state index contributed by atoms with van der Waals surface area (Å²) in [6.45, 7) is 3.81. The molecule has 0 aliphatic rings. The second-order valence-electron chi connectivity index (χ2n) is 4.40. The predicted octanol–water partition coefficient (Wildman–Crippen LogP) is 4.24. The van der Waals surface area contributed by atoms with Gasteiger partial charge in [-0.1, -0.05) is 23.4 Å². The largest absolute Gasteiger partial charge is 0.325 e. The van der Waals surface area contributed by atoms with Crippen LogP contribution in [0, 0.1) is 13.8 Å². The molecule has 1 N–H and O–H groups in total. The van der Waals surface area contributed by atoms with Crippen LogP contribution in [0.1, 0.15) is 11.4 Å². The molecule has 0 saturated heterocycles. The molecule has 0 spiro atoms. The van der Waals surface area contributed by atoms with Gasteiger partial charge in [0.1, 0.15) is 0 Å². The molecular weight excluding hydrogens is 374 g/mol. The third-order valence-corrected chi connectivity index (χ3v) is 4.58. The summed E-state index contributed by atoms with van der Waals surface area (Å²) in [5, 5.41) is 3.95. The van der Waals surface area contributed by atoms with Crippen molar-refractivity contribution in [2.75, 3.05) is 11.1 Å². The van der Waals surface area contributed by atoms with Crippen molar-refractivity contribution in [1.29, 1.82) is 0 Å². The van der Waals surface area contributed by atoms with Gasteiger partial charge in [0.05, 0.1) is 10.8 Å². The normalized spacial score (nSPS) is 10.5. The Hall–Kier alpha value is -1.11. The number of thioether (sulfide) groups is 1. The molecule has 1 aromatic carbocycles. The van der Waals surface area contributed by atoms with Gasteiger partial charge in [-0.05, 0) is 54.0 Å². The van der Waals surface area contributed by atoms with Crippen LogP contribution in [-0.4, -0.2) is 21.6 Å². The molecule has 1 aromatic heterocycles. The standard InChI is InChI=1S/C14H13BrClN3OS/c1-8-5-9(2)18-14(17-8)21-7-13(20)19-10-3-4-11(15)12(16)6-10/h3-6H,7H2,1-2H3,(H,19,20). The van der Waals surface area contributed by atoms with Crippen LogP contribution in [0.15, 0.2) is 33.9 Å². The van der Waals surface area contributed by atoms with Crippen molar-refractivity contribution in [2.45, 2.75) is 19.0 Å². The number of carbonyl (C=O) groups excluding carboxylic acids is 1. The second-order valence-corrected chi connectivity index (χ2v) is 6.60. The number of carbonyl (C=O) groups is 1. The molecule has 2 rings (SSSR count). The van der Waals surface area contributed by atoms with E-state index in [1.807, 2.05) is 19.9 Å². The fraction of sp³-hybridized carbons (Fsp3) is 0.214. The van der Waals surface area contributed by atoms with Gasteiger partial charge < -0.3 is 5.32 Å². The third kappa shape index (κ3) is 4.98. The Kier molecular flexibility index (Phi) is 5.61. The molecule has 0 radical (unpaired) electrons. The molecule has 1 amide bonds. The number of hydrogen-bond acceptors (Lipinski definition) is 4. The summed E-state index contributed by atoms with van der Waals surface area (Å²) in [5.74, 6) is 0.123. The van der Waals surface area contributed by atoms with Crippen molar-refractivity contribution in [2.24, 2.45) is 0 Å². The van der Waals surface area contributed by atoms with Crippen LogP contribution >= 0.6 is 39.3 Å². The molecule has 0 saturated carbocycles. The number of hydrogen-bond donors (Lipinski definition) is 1. The Balaban J connectivity index is 1.94. The van der Waals surface area contributed by atoms with E-state index in [1.165, 1.54) is 11.8 Å². The molecule has 110 valence electrons. The Labute approximate surface area is 140 Å². The van der Waals surface area contributed by atoms with Crippen molar-refractivity contribution in [3.05, 3.63) is 45.1 Å². The number of aryl methyl sites for hydroxylation is 2. The molecule has 1 heterocycles. The first-order valence-electron chi connectivity index (χ1n) is 6.14. The average Bonchev–Trinajstić information content (AvgIpc) is 2.40. The predicted molar refractivity (Wildman–Crippen MR) is 90.0 cm³/mol. The highest BCUT2D eigenvalue weighted by atomic mass is 79.9. The number of nitrogens with one attached hydrogen (secondary N) is 1. The third-order valence-electron chi connectivity index (χ3n) is 2.50. The maximum Gasteiger partial charge on any atom is 0.234 e. The SMILES string of the molecule is Cc1cc(C)nc(SCC(=O)Nc2ccc(Br)c(Cl)c2)n1. The fourth-order valence-electron chi connectivity index (χ4n) is 1.66. The van der Waals surface area contributed by atoms with E-state index in [1.54, 1.807) is 18.2 Å². The Morgan fingerprint density at radius 1 is 1.29 bits per heavy atom. The first kappa shape index (κ1) is 16.3. The van der Waals surface area contributed by atoms with Crippen LogP contribution in [0.3, 0.4) is 0 Å². The van der Waals surface area contributed by atoms with Crippen molar-refractivity contribution >= 4 is 50.9 Å². The average molecular weight is 387 g/mol. The number of benzene rings is 1. The topological polar surface area (TPSA) is 54.9 Å². The Morgan fingerprint density at radius 2 is 1.95 bits per heavy atom. The quantitative estimate of drug-likeness (QED) is 0.631. The van der Waals surface area contributed by atoms with Crippen LogP contribution in [-0.2, 0) is 4.79 Å². The van der Waals surface area contributed by atoms with Gasteiger partial charge in [-0.2, -0.15) is 0 Å². The Bertz CT molecular complexity index is 661. The van der Waals surface area contributed by atoms with Crippen molar-refractivity contribution in [1.82, 2.24) is 9.97 Å².